The molecule has 1 N–H and O–H groups in total. The van der Waals surface area contributed by atoms with Crippen molar-refractivity contribution >= 4 is 5.97 Å². The molecule has 5 nitrogen and oxygen atoms in total. The van der Waals surface area contributed by atoms with E-state index in [1.807, 2.05) is 6.07 Å². The average molecular weight is 280 g/mol. The predicted octanol–water partition coefficient (Wildman–Crippen LogP) is 1.84. The van der Waals surface area contributed by atoms with Crippen LogP contribution in [0.25, 0.3) is 0 Å². The van der Waals surface area contributed by atoms with Crippen LogP contribution in [0.4, 0.5) is 0 Å². The largest absolute Gasteiger partial charge is 0.490 e. The number of aliphatic hydroxyl groups excluding tert-OH is 1. The fraction of sp³-hybridized carbons (Fsp3) is 0.533. The van der Waals surface area contributed by atoms with Crippen molar-refractivity contribution in [3.05, 3.63) is 29.8 Å². The first-order chi connectivity index (χ1) is 9.72. The van der Waals surface area contributed by atoms with Gasteiger partial charge >= 0.3 is 5.97 Å². The van der Waals surface area contributed by atoms with Crippen LogP contribution in [0.1, 0.15) is 31.4 Å². The minimum absolute atomic E-state index is 0.0549. The highest BCUT2D eigenvalue weighted by molar-refractivity contribution is 5.77. The van der Waals surface area contributed by atoms with E-state index in [-0.39, 0.29) is 12.7 Å². The fourth-order valence-corrected chi connectivity index (χ4v) is 2.14. The molecular weight excluding hydrogens is 260 g/mol. The summed E-state index contributed by atoms with van der Waals surface area (Å²) >= 11 is 0. The van der Waals surface area contributed by atoms with E-state index in [4.69, 9.17) is 14.2 Å². The van der Waals surface area contributed by atoms with Crippen LogP contribution < -0.4 is 4.74 Å². The number of hydrogen-bond donors (Lipinski definition) is 1. The number of hydrogen-bond acceptors (Lipinski definition) is 5. The number of carbonyl (C=O) groups excluding carboxylic acids is 1. The third-order valence-electron chi connectivity index (χ3n) is 3.19. The lowest BCUT2D eigenvalue weighted by Gasteiger charge is -2.25. The molecule has 1 aromatic rings. The van der Waals surface area contributed by atoms with Crippen molar-refractivity contribution < 1.29 is 24.1 Å². The molecule has 1 fully saturated rings. The number of carbonyl (C=O) groups is 1. The summed E-state index contributed by atoms with van der Waals surface area (Å²) in [5.41, 5.74) is 0.442. The van der Waals surface area contributed by atoms with Gasteiger partial charge in [0.1, 0.15) is 11.9 Å². The van der Waals surface area contributed by atoms with Gasteiger partial charge in [0, 0.05) is 18.4 Å². The first-order valence-corrected chi connectivity index (χ1v) is 6.90. The van der Waals surface area contributed by atoms with Crippen LogP contribution >= 0.6 is 0 Å². The Morgan fingerprint density at radius 2 is 2.10 bits per heavy atom. The van der Waals surface area contributed by atoms with E-state index in [9.17, 15) is 9.90 Å². The lowest BCUT2D eigenvalue weighted by atomic mass is 10.1. The van der Waals surface area contributed by atoms with E-state index in [0.717, 1.165) is 12.8 Å². The molecule has 1 unspecified atom stereocenters. The van der Waals surface area contributed by atoms with Crippen LogP contribution in [-0.2, 0) is 14.3 Å². The molecule has 1 aromatic carbocycles. The van der Waals surface area contributed by atoms with Crippen molar-refractivity contribution in [3.8, 4) is 5.75 Å². The Labute approximate surface area is 118 Å². The molecular formula is C15H20O5. The summed E-state index contributed by atoms with van der Waals surface area (Å²) < 4.78 is 16.0. The van der Waals surface area contributed by atoms with Gasteiger partial charge in [-0.1, -0.05) is 18.2 Å². The van der Waals surface area contributed by atoms with Gasteiger partial charge in [-0.15, -0.1) is 0 Å². The smallest absolute Gasteiger partial charge is 0.339 e. The molecule has 1 aliphatic heterocycles. The highest BCUT2D eigenvalue weighted by Crippen LogP contribution is 2.28. The Bertz CT molecular complexity index is 440. The quantitative estimate of drug-likeness (QED) is 0.834. The number of aliphatic hydroxyl groups is 1. The first-order valence-electron chi connectivity index (χ1n) is 6.90. The Morgan fingerprint density at radius 1 is 1.40 bits per heavy atom. The minimum atomic E-state index is -1.31. The molecule has 1 aliphatic rings. The van der Waals surface area contributed by atoms with Crippen LogP contribution in [0.15, 0.2) is 24.3 Å². The lowest BCUT2D eigenvalue weighted by molar-refractivity contribution is -0.153. The molecule has 110 valence electrons. The molecule has 0 aliphatic carbocycles. The van der Waals surface area contributed by atoms with Crippen LogP contribution in [0, 0.1) is 0 Å². The maximum atomic E-state index is 11.6. The zero-order valence-electron chi connectivity index (χ0n) is 11.6. The molecule has 0 saturated carbocycles. The molecule has 5 heteroatoms. The Hall–Kier alpha value is -1.59. The van der Waals surface area contributed by atoms with Gasteiger partial charge < -0.3 is 19.3 Å². The van der Waals surface area contributed by atoms with Gasteiger partial charge in [-0.25, -0.2) is 4.79 Å². The Balaban J connectivity index is 2.10. The highest BCUT2D eigenvalue weighted by Gasteiger charge is 2.24. The van der Waals surface area contributed by atoms with Crippen molar-refractivity contribution in [1.29, 1.82) is 0 Å². The molecule has 0 spiro atoms. The summed E-state index contributed by atoms with van der Waals surface area (Å²) in [7, 11) is 0. The van der Waals surface area contributed by atoms with Crippen molar-refractivity contribution in [1.82, 2.24) is 0 Å². The van der Waals surface area contributed by atoms with Gasteiger partial charge in [-0.2, -0.15) is 0 Å². The topological polar surface area (TPSA) is 65.0 Å². The second-order valence-corrected chi connectivity index (χ2v) is 4.62. The molecule has 0 aromatic heterocycles. The normalized spacial score (nSPS) is 17.5. The van der Waals surface area contributed by atoms with E-state index >= 15 is 0 Å². The maximum absolute atomic E-state index is 11.6. The van der Waals surface area contributed by atoms with E-state index < -0.39 is 12.1 Å². The summed E-state index contributed by atoms with van der Waals surface area (Å²) in [5.74, 6) is -0.129. The predicted molar refractivity (Wildman–Crippen MR) is 72.5 cm³/mol. The fourth-order valence-electron chi connectivity index (χ4n) is 2.14. The zero-order chi connectivity index (χ0) is 14.4. The number of ether oxygens (including phenoxy) is 3. The molecule has 2 rings (SSSR count). The molecule has 0 radical (unpaired) electrons. The summed E-state index contributed by atoms with van der Waals surface area (Å²) in [5, 5.41) is 10.1. The standard InChI is InChI=1S/C15H20O5/c1-2-19-15(17)14(16)12-5-3-4-6-13(12)20-11-7-9-18-10-8-11/h3-6,11,14,16H,2,7-10H2,1H3. The second-order valence-electron chi connectivity index (χ2n) is 4.62. The average Bonchev–Trinajstić information content (AvgIpc) is 2.48. The van der Waals surface area contributed by atoms with Gasteiger partial charge in [0.25, 0.3) is 0 Å². The summed E-state index contributed by atoms with van der Waals surface area (Å²) in [4.78, 5) is 11.6. The van der Waals surface area contributed by atoms with E-state index in [0.29, 0.717) is 24.5 Å². The third-order valence-corrected chi connectivity index (χ3v) is 3.19. The summed E-state index contributed by atoms with van der Waals surface area (Å²) in [6.45, 7) is 3.29. The SMILES string of the molecule is CCOC(=O)C(O)c1ccccc1OC1CCOCC1. The van der Waals surface area contributed by atoms with Gasteiger partial charge in [0.15, 0.2) is 6.10 Å². The number of esters is 1. The molecule has 1 saturated heterocycles. The first kappa shape index (κ1) is 14.8. The monoisotopic (exact) mass is 280 g/mol. The van der Waals surface area contributed by atoms with E-state index in [2.05, 4.69) is 0 Å². The van der Waals surface area contributed by atoms with Gasteiger partial charge in [0.05, 0.1) is 19.8 Å². The van der Waals surface area contributed by atoms with Crippen LogP contribution in [0.5, 0.6) is 5.75 Å². The van der Waals surface area contributed by atoms with E-state index in [1.54, 1.807) is 25.1 Å². The highest BCUT2D eigenvalue weighted by atomic mass is 16.5. The van der Waals surface area contributed by atoms with Crippen molar-refractivity contribution in [2.24, 2.45) is 0 Å². The molecule has 1 atom stereocenters. The zero-order valence-corrected chi connectivity index (χ0v) is 11.6. The van der Waals surface area contributed by atoms with Crippen molar-refractivity contribution in [3.63, 3.8) is 0 Å². The van der Waals surface area contributed by atoms with Crippen LogP contribution in [0.3, 0.4) is 0 Å². The lowest BCUT2D eigenvalue weighted by Crippen LogP contribution is -2.27. The third kappa shape index (κ3) is 3.71. The molecule has 20 heavy (non-hydrogen) atoms. The van der Waals surface area contributed by atoms with Crippen LogP contribution in [0.2, 0.25) is 0 Å². The Morgan fingerprint density at radius 3 is 2.80 bits per heavy atom. The summed E-state index contributed by atoms with van der Waals surface area (Å²) in [6.07, 6.45) is 0.360. The summed E-state index contributed by atoms with van der Waals surface area (Å²) in [6, 6.07) is 7.01. The van der Waals surface area contributed by atoms with E-state index in [1.165, 1.54) is 0 Å². The van der Waals surface area contributed by atoms with Gasteiger partial charge in [0.2, 0.25) is 0 Å². The van der Waals surface area contributed by atoms with Crippen molar-refractivity contribution in [2.45, 2.75) is 32.0 Å². The maximum Gasteiger partial charge on any atom is 0.339 e. The Kier molecular flexibility index (Phi) is 5.38. The molecule has 0 bridgehead atoms. The van der Waals surface area contributed by atoms with Gasteiger partial charge in [-0.05, 0) is 13.0 Å². The molecule has 0 amide bonds. The number of rotatable bonds is 5. The second kappa shape index (κ2) is 7.26. The van der Waals surface area contributed by atoms with Crippen LogP contribution in [-0.4, -0.2) is 37.0 Å². The van der Waals surface area contributed by atoms with Gasteiger partial charge in [-0.3, -0.25) is 0 Å². The van der Waals surface area contributed by atoms with Crippen molar-refractivity contribution in [2.75, 3.05) is 19.8 Å². The number of para-hydroxylation sites is 1. The molecule has 1 heterocycles. The minimum Gasteiger partial charge on any atom is -0.490 e. The number of benzene rings is 1.